The lowest BCUT2D eigenvalue weighted by Crippen LogP contribution is -2.50. The van der Waals surface area contributed by atoms with E-state index in [1.54, 1.807) is 0 Å². The molecule has 0 saturated carbocycles. The van der Waals surface area contributed by atoms with Gasteiger partial charge in [0.05, 0.1) is 78.4 Å². The largest absolute Gasteiger partial charge is 0.494 e. The van der Waals surface area contributed by atoms with Crippen LogP contribution in [0.15, 0.2) is 48.5 Å². The molecule has 0 spiro atoms. The molecular weight excluding hydrogens is 596 g/mol. The number of ketones is 2. The Balaban J connectivity index is 1.56. The number of ether oxygens (including phenoxy) is 2. The number of likely N-dealkylation sites (tertiary alicyclic amines) is 2. The lowest BCUT2D eigenvalue weighted by atomic mass is 9.85. The van der Waals surface area contributed by atoms with Crippen LogP contribution < -0.4 is 9.47 Å². The van der Waals surface area contributed by atoms with Crippen molar-refractivity contribution in [2.45, 2.75) is 104 Å². The van der Waals surface area contributed by atoms with E-state index in [0.717, 1.165) is 109 Å². The van der Waals surface area contributed by atoms with Gasteiger partial charge in [0, 0.05) is 11.1 Å². The molecular formula is C42H66N2O4+2. The van der Waals surface area contributed by atoms with Gasteiger partial charge in [-0.15, -0.1) is 0 Å². The summed E-state index contributed by atoms with van der Waals surface area (Å²) >= 11 is 0. The lowest BCUT2D eigenvalue weighted by Gasteiger charge is -2.38. The number of unbranched alkanes of at least 4 members (excludes halogenated alkanes) is 2. The number of carbonyl (C=O) groups excluding carboxylic acids is 2. The molecule has 48 heavy (non-hydrogen) atoms. The summed E-state index contributed by atoms with van der Waals surface area (Å²) in [5, 5.41) is 0. The molecule has 0 aliphatic carbocycles. The molecule has 2 aromatic rings. The third-order valence-corrected chi connectivity index (χ3v) is 11.0. The van der Waals surface area contributed by atoms with Crippen molar-refractivity contribution in [1.29, 1.82) is 0 Å². The molecule has 2 aliphatic heterocycles. The van der Waals surface area contributed by atoms with Crippen molar-refractivity contribution in [1.82, 2.24) is 0 Å². The smallest absolute Gasteiger partial charge is 0.171 e. The van der Waals surface area contributed by atoms with Crippen LogP contribution in [0.5, 0.6) is 11.5 Å². The van der Waals surface area contributed by atoms with Gasteiger partial charge in [0.15, 0.2) is 11.6 Å². The minimum Gasteiger partial charge on any atom is -0.494 e. The van der Waals surface area contributed by atoms with Crippen molar-refractivity contribution in [2.24, 2.45) is 11.8 Å². The maximum atomic E-state index is 14.4. The summed E-state index contributed by atoms with van der Waals surface area (Å²) in [6, 6.07) is 15.6. The number of quaternary nitrogens is 2. The predicted octanol–water partition coefficient (Wildman–Crippen LogP) is 9.16. The van der Waals surface area contributed by atoms with E-state index in [9.17, 15) is 9.59 Å². The molecule has 6 heteroatoms. The van der Waals surface area contributed by atoms with Crippen LogP contribution in [0.3, 0.4) is 0 Å². The Morgan fingerprint density at radius 2 is 0.896 bits per heavy atom. The first-order valence-corrected chi connectivity index (χ1v) is 19.5. The number of hydrogen-bond donors (Lipinski definition) is 0. The summed E-state index contributed by atoms with van der Waals surface area (Å²) in [7, 11) is 4.71. The normalized spacial score (nSPS) is 19.0. The number of benzene rings is 2. The summed E-state index contributed by atoms with van der Waals surface area (Å²) in [5.41, 5.74) is 1.52. The molecule has 6 nitrogen and oxygen atoms in total. The fraction of sp³-hybridized carbons (Fsp3) is 0.667. The molecule has 2 atom stereocenters. The molecule has 0 bridgehead atoms. The molecule has 2 saturated heterocycles. The maximum Gasteiger partial charge on any atom is 0.171 e. The first-order chi connectivity index (χ1) is 23.2. The number of carbonyl (C=O) groups is 2. The number of rotatable bonds is 19. The van der Waals surface area contributed by atoms with Gasteiger partial charge in [-0.2, -0.15) is 0 Å². The van der Waals surface area contributed by atoms with Crippen LogP contribution in [0.4, 0.5) is 0 Å². The Hall–Kier alpha value is -2.70. The van der Waals surface area contributed by atoms with Crippen LogP contribution in [0, 0.1) is 11.8 Å². The van der Waals surface area contributed by atoms with Gasteiger partial charge in [-0.3, -0.25) is 9.59 Å². The molecule has 4 rings (SSSR count). The molecule has 0 amide bonds. The summed E-state index contributed by atoms with van der Waals surface area (Å²) < 4.78 is 13.7. The van der Waals surface area contributed by atoms with Crippen LogP contribution >= 0.6 is 0 Å². The van der Waals surface area contributed by atoms with E-state index in [1.165, 1.54) is 51.4 Å². The molecule has 0 N–H and O–H groups in total. The fourth-order valence-corrected chi connectivity index (χ4v) is 7.92. The summed E-state index contributed by atoms with van der Waals surface area (Å²) in [6.45, 7) is 11.9. The quantitative estimate of drug-likeness (QED) is 0.0855. The third kappa shape index (κ3) is 12.0. The zero-order valence-corrected chi connectivity index (χ0v) is 30.9. The Morgan fingerprint density at radius 1 is 0.562 bits per heavy atom. The van der Waals surface area contributed by atoms with Crippen molar-refractivity contribution in [3.05, 3.63) is 59.7 Å². The van der Waals surface area contributed by atoms with Gasteiger partial charge in [0.1, 0.15) is 11.5 Å². The Kier molecular flexibility index (Phi) is 15.5. The molecule has 2 fully saturated rings. The highest BCUT2D eigenvalue weighted by Crippen LogP contribution is 2.29. The van der Waals surface area contributed by atoms with Gasteiger partial charge >= 0.3 is 0 Å². The van der Waals surface area contributed by atoms with E-state index < -0.39 is 0 Å². The average molecular weight is 663 g/mol. The van der Waals surface area contributed by atoms with E-state index >= 15 is 0 Å². The Bertz CT molecular complexity index is 1130. The van der Waals surface area contributed by atoms with E-state index in [2.05, 4.69) is 27.9 Å². The molecule has 2 heterocycles. The van der Waals surface area contributed by atoms with Gasteiger partial charge in [-0.25, -0.2) is 0 Å². The monoisotopic (exact) mass is 663 g/mol. The Morgan fingerprint density at radius 3 is 1.21 bits per heavy atom. The van der Waals surface area contributed by atoms with Gasteiger partial charge in [0.2, 0.25) is 0 Å². The number of hydrogen-bond acceptors (Lipinski definition) is 4. The summed E-state index contributed by atoms with van der Waals surface area (Å²) in [5.74, 6) is 1.83. The second kappa shape index (κ2) is 19.5. The highest BCUT2D eigenvalue weighted by Gasteiger charge is 2.36. The number of Topliss-reactive ketones (excluding diaryl/α,β-unsaturated/α-hetero) is 2. The lowest BCUT2D eigenvalue weighted by molar-refractivity contribution is -0.911. The Labute approximate surface area is 292 Å². The van der Waals surface area contributed by atoms with Gasteiger partial charge in [-0.05, 0) is 126 Å². The third-order valence-electron chi connectivity index (χ3n) is 11.0. The standard InChI is InChI=1S/C42H66N2O4/c1-5-7-31-47-39-23-19-35(20-24-39)41(45)37(33-43(3)27-13-9-10-14-28-43)17-18-38(34-44(4)29-15-11-12-16-30-44)42(46)36-21-25-40(26-22-36)48-32-8-6-2/h19-26,37-38H,5-18,27-34H2,1-4H3/q+2. The molecule has 266 valence electrons. The van der Waals surface area contributed by atoms with E-state index in [-0.39, 0.29) is 23.4 Å². The van der Waals surface area contributed by atoms with Crippen molar-refractivity contribution >= 4 is 11.6 Å². The average Bonchev–Trinajstić information content (AvgIpc) is 3.45. The first-order valence-electron chi connectivity index (χ1n) is 19.5. The topological polar surface area (TPSA) is 52.6 Å². The highest BCUT2D eigenvalue weighted by atomic mass is 16.5. The first kappa shape index (κ1) is 38.1. The summed E-state index contributed by atoms with van der Waals surface area (Å²) in [6.07, 6.45) is 15.7. The molecule has 2 aromatic carbocycles. The van der Waals surface area contributed by atoms with Crippen molar-refractivity contribution in [3.63, 3.8) is 0 Å². The van der Waals surface area contributed by atoms with Crippen LogP contribution in [-0.4, -0.2) is 87.1 Å². The molecule has 2 aliphatic rings. The minimum absolute atomic E-state index is 0.126. The molecule has 0 aromatic heterocycles. The van der Waals surface area contributed by atoms with Crippen LogP contribution in [0.1, 0.15) is 124 Å². The van der Waals surface area contributed by atoms with Crippen molar-refractivity contribution < 1.29 is 28.0 Å². The highest BCUT2D eigenvalue weighted by molar-refractivity contribution is 5.99. The summed E-state index contributed by atoms with van der Waals surface area (Å²) in [4.78, 5) is 28.7. The fourth-order valence-electron chi connectivity index (χ4n) is 7.92. The van der Waals surface area contributed by atoms with Crippen LogP contribution in [0.25, 0.3) is 0 Å². The van der Waals surface area contributed by atoms with Gasteiger partial charge in [0.25, 0.3) is 0 Å². The van der Waals surface area contributed by atoms with Crippen molar-refractivity contribution in [3.8, 4) is 11.5 Å². The maximum absolute atomic E-state index is 14.4. The van der Waals surface area contributed by atoms with Crippen LogP contribution in [0.2, 0.25) is 0 Å². The van der Waals surface area contributed by atoms with Crippen LogP contribution in [-0.2, 0) is 0 Å². The predicted molar refractivity (Wildman–Crippen MR) is 197 cm³/mol. The van der Waals surface area contributed by atoms with E-state index in [4.69, 9.17) is 9.47 Å². The number of nitrogens with zero attached hydrogens (tertiary/aromatic N) is 2. The SMILES string of the molecule is CCCCOc1ccc(C(=O)C(CCC(C[N+]2(C)CCCCCC2)C(=O)c2ccc(OCCCC)cc2)C[N+]2(C)CCCCCC2)cc1. The zero-order chi connectivity index (χ0) is 34.2. The second-order valence-electron chi connectivity index (χ2n) is 15.5. The van der Waals surface area contributed by atoms with Gasteiger partial charge in [-0.1, -0.05) is 26.7 Å². The van der Waals surface area contributed by atoms with E-state index in [0.29, 0.717) is 13.2 Å². The molecule has 2 unspecified atom stereocenters. The van der Waals surface area contributed by atoms with Gasteiger partial charge < -0.3 is 18.4 Å². The van der Waals surface area contributed by atoms with E-state index in [1.807, 2.05) is 48.5 Å². The zero-order valence-electron chi connectivity index (χ0n) is 30.9. The molecule has 0 radical (unpaired) electrons. The minimum atomic E-state index is -0.126. The second-order valence-corrected chi connectivity index (χ2v) is 15.5. The van der Waals surface area contributed by atoms with Crippen molar-refractivity contribution in [2.75, 3.05) is 66.6 Å².